The lowest BCUT2D eigenvalue weighted by atomic mass is 10.1. The van der Waals surface area contributed by atoms with Crippen molar-refractivity contribution in [2.75, 3.05) is 4.90 Å². The van der Waals surface area contributed by atoms with Gasteiger partial charge >= 0.3 is 0 Å². The van der Waals surface area contributed by atoms with Gasteiger partial charge in [-0.2, -0.15) is 0 Å². The molecule has 0 spiro atoms. The molecule has 1 aliphatic heterocycles. The predicted molar refractivity (Wildman–Crippen MR) is 68.7 cm³/mol. The summed E-state index contributed by atoms with van der Waals surface area (Å²) in [6.07, 6.45) is 0. The molecule has 0 N–H and O–H groups in total. The van der Waals surface area contributed by atoms with Gasteiger partial charge in [0.15, 0.2) is 11.6 Å². The predicted octanol–water partition coefficient (Wildman–Crippen LogP) is 3.07. The Labute approximate surface area is 113 Å². The van der Waals surface area contributed by atoms with E-state index in [4.69, 9.17) is 0 Å². The van der Waals surface area contributed by atoms with Gasteiger partial charge in [0.25, 0.3) is 11.8 Å². The Balaban J connectivity index is 2.19. The van der Waals surface area contributed by atoms with Crippen LogP contribution in [0.5, 0.6) is 0 Å². The summed E-state index contributed by atoms with van der Waals surface area (Å²) < 4.78 is 27.9. The number of aryl methyl sites for hydroxylation is 1. The summed E-state index contributed by atoms with van der Waals surface area (Å²) in [4.78, 5) is 24.9. The summed E-state index contributed by atoms with van der Waals surface area (Å²) in [6.45, 7) is 1.53. The Morgan fingerprint density at radius 3 is 1.80 bits per heavy atom. The zero-order valence-electron chi connectivity index (χ0n) is 10.5. The van der Waals surface area contributed by atoms with Crippen molar-refractivity contribution in [2.24, 2.45) is 0 Å². The number of amides is 2. The van der Waals surface area contributed by atoms with E-state index in [2.05, 4.69) is 0 Å². The first-order valence-corrected chi connectivity index (χ1v) is 5.94. The third-order valence-corrected chi connectivity index (χ3v) is 3.18. The van der Waals surface area contributed by atoms with Crippen LogP contribution in [-0.2, 0) is 0 Å². The van der Waals surface area contributed by atoms with E-state index in [-0.39, 0.29) is 11.1 Å². The van der Waals surface area contributed by atoms with Crippen molar-refractivity contribution in [1.82, 2.24) is 0 Å². The maximum atomic E-state index is 13.9. The normalized spacial score (nSPS) is 13.8. The van der Waals surface area contributed by atoms with Crippen molar-refractivity contribution in [3.8, 4) is 0 Å². The second-order valence-electron chi connectivity index (χ2n) is 4.57. The number of fused-ring (bicyclic) bond motifs is 1. The molecule has 0 radical (unpaired) electrons. The number of nitrogens with zero attached hydrogens (tertiary/aromatic N) is 1. The molecular weight excluding hydrogens is 264 g/mol. The SMILES string of the molecule is Cc1cc(F)c(N2C(=O)c3ccccc3C2=O)c(F)c1. The molecule has 20 heavy (non-hydrogen) atoms. The van der Waals surface area contributed by atoms with E-state index < -0.39 is 29.1 Å². The van der Waals surface area contributed by atoms with E-state index >= 15 is 0 Å². The first-order chi connectivity index (χ1) is 9.50. The van der Waals surface area contributed by atoms with Crippen LogP contribution in [-0.4, -0.2) is 11.8 Å². The number of benzene rings is 2. The minimum absolute atomic E-state index is 0.150. The third-order valence-electron chi connectivity index (χ3n) is 3.18. The van der Waals surface area contributed by atoms with Gasteiger partial charge in [-0.3, -0.25) is 9.59 Å². The molecule has 0 bridgehead atoms. The number of carbonyl (C=O) groups is 2. The van der Waals surface area contributed by atoms with E-state index in [1.807, 2.05) is 0 Å². The van der Waals surface area contributed by atoms with Crippen LogP contribution in [0.25, 0.3) is 0 Å². The maximum absolute atomic E-state index is 13.9. The monoisotopic (exact) mass is 273 g/mol. The summed E-state index contributed by atoms with van der Waals surface area (Å²) in [5, 5.41) is 0. The van der Waals surface area contributed by atoms with Gasteiger partial charge < -0.3 is 0 Å². The number of anilines is 1. The Morgan fingerprint density at radius 1 is 0.900 bits per heavy atom. The number of imide groups is 1. The summed E-state index contributed by atoms with van der Waals surface area (Å²) in [7, 11) is 0. The molecule has 1 aliphatic rings. The highest BCUT2D eigenvalue weighted by Gasteiger charge is 2.39. The van der Waals surface area contributed by atoms with Crippen LogP contribution in [0.1, 0.15) is 26.3 Å². The van der Waals surface area contributed by atoms with Crippen LogP contribution in [0.3, 0.4) is 0 Å². The quantitative estimate of drug-likeness (QED) is 0.749. The number of rotatable bonds is 1. The van der Waals surface area contributed by atoms with E-state index in [0.717, 1.165) is 12.1 Å². The number of halogens is 2. The van der Waals surface area contributed by atoms with Crippen molar-refractivity contribution in [3.63, 3.8) is 0 Å². The zero-order chi connectivity index (χ0) is 14.4. The summed E-state index contributed by atoms with van der Waals surface area (Å²) in [6, 6.07) is 8.27. The van der Waals surface area contributed by atoms with Gasteiger partial charge in [-0.25, -0.2) is 13.7 Å². The molecule has 0 saturated heterocycles. The second-order valence-corrected chi connectivity index (χ2v) is 4.57. The Bertz CT molecular complexity index is 697. The Morgan fingerprint density at radius 2 is 1.35 bits per heavy atom. The van der Waals surface area contributed by atoms with Crippen LogP contribution in [0.2, 0.25) is 0 Å². The van der Waals surface area contributed by atoms with E-state index in [9.17, 15) is 18.4 Å². The molecule has 0 aliphatic carbocycles. The lowest BCUT2D eigenvalue weighted by molar-refractivity contribution is 0.0923. The molecule has 3 rings (SSSR count). The smallest absolute Gasteiger partial charge is 0.266 e. The zero-order valence-corrected chi connectivity index (χ0v) is 10.5. The number of hydrogen-bond acceptors (Lipinski definition) is 2. The molecule has 5 heteroatoms. The molecule has 2 aromatic carbocycles. The fraction of sp³-hybridized carbons (Fsp3) is 0.0667. The molecule has 3 nitrogen and oxygen atoms in total. The first-order valence-electron chi connectivity index (χ1n) is 5.94. The number of carbonyl (C=O) groups excluding carboxylic acids is 2. The van der Waals surface area contributed by atoms with Gasteiger partial charge in [-0.05, 0) is 36.8 Å². The maximum Gasteiger partial charge on any atom is 0.266 e. The number of hydrogen-bond donors (Lipinski definition) is 0. The lowest BCUT2D eigenvalue weighted by Crippen LogP contribution is -2.31. The van der Waals surface area contributed by atoms with E-state index in [1.54, 1.807) is 12.1 Å². The third kappa shape index (κ3) is 1.63. The lowest BCUT2D eigenvalue weighted by Gasteiger charge is -2.16. The van der Waals surface area contributed by atoms with E-state index in [1.165, 1.54) is 19.1 Å². The van der Waals surface area contributed by atoms with Crippen LogP contribution in [0.15, 0.2) is 36.4 Å². The molecule has 0 unspecified atom stereocenters. The topological polar surface area (TPSA) is 37.4 Å². The van der Waals surface area contributed by atoms with Gasteiger partial charge in [0.05, 0.1) is 11.1 Å². The van der Waals surface area contributed by atoms with Gasteiger partial charge in [-0.1, -0.05) is 12.1 Å². The van der Waals surface area contributed by atoms with Crippen LogP contribution < -0.4 is 4.90 Å². The molecule has 0 aromatic heterocycles. The van der Waals surface area contributed by atoms with Crippen molar-refractivity contribution >= 4 is 17.5 Å². The Hall–Kier alpha value is -2.56. The first kappa shape index (κ1) is 12.5. The molecule has 2 aromatic rings. The summed E-state index contributed by atoms with van der Waals surface area (Å²) >= 11 is 0. The summed E-state index contributed by atoms with van der Waals surface area (Å²) in [5.41, 5.74) is 0.0518. The van der Waals surface area contributed by atoms with Crippen LogP contribution >= 0.6 is 0 Å². The fourth-order valence-corrected chi connectivity index (χ4v) is 2.30. The van der Waals surface area contributed by atoms with Gasteiger partial charge in [0, 0.05) is 0 Å². The van der Waals surface area contributed by atoms with Gasteiger partial charge in [0.2, 0.25) is 0 Å². The highest BCUT2D eigenvalue weighted by Crippen LogP contribution is 2.32. The van der Waals surface area contributed by atoms with Gasteiger partial charge in [-0.15, -0.1) is 0 Å². The van der Waals surface area contributed by atoms with Crippen molar-refractivity contribution in [3.05, 3.63) is 64.7 Å². The average molecular weight is 273 g/mol. The van der Waals surface area contributed by atoms with Crippen molar-refractivity contribution in [1.29, 1.82) is 0 Å². The fourth-order valence-electron chi connectivity index (χ4n) is 2.30. The summed E-state index contributed by atoms with van der Waals surface area (Å²) in [5.74, 6) is -3.30. The highest BCUT2D eigenvalue weighted by molar-refractivity contribution is 6.34. The van der Waals surface area contributed by atoms with Crippen molar-refractivity contribution < 1.29 is 18.4 Å². The standard InChI is InChI=1S/C15H9F2NO2/c1-8-6-11(16)13(12(17)7-8)18-14(19)9-4-2-3-5-10(9)15(18)20/h2-7H,1H3. The second kappa shape index (κ2) is 4.23. The molecule has 2 amide bonds. The molecule has 100 valence electrons. The minimum atomic E-state index is -0.933. The largest absolute Gasteiger partial charge is 0.268 e. The Kier molecular flexibility index (Phi) is 2.64. The molecule has 0 atom stereocenters. The average Bonchev–Trinajstić information content (AvgIpc) is 2.64. The van der Waals surface area contributed by atoms with E-state index in [0.29, 0.717) is 10.5 Å². The highest BCUT2D eigenvalue weighted by atomic mass is 19.1. The minimum Gasteiger partial charge on any atom is -0.268 e. The molecule has 1 heterocycles. The van der Waals surface area contributed by atoms with Crippen molar-refractivity contribution in [2.45, 2.75) is 6.92 Å². The van der Waals surface area contributed by atoms with Crippen LogP contribution in [0, 0.1) is 18.6 Å². The molecular formula is C15H9F2NO2. The molecule has 0 fully saturated rings. The molecule has 0 saturated carbocycles. The van der Waals surface area contributed by atoms with Crippen LogP contribution in [0.4, 0.5) is 14.5 Å². The van der Waals surface area contributed by atoms with Gasteiger partial charge in [0.1, 0.15) is 5.69 Å².